The third-order valence-corrected chi connectivity index (χ3v) is 4.00. The molecule has 0 aliphatic carbocycles. The SMILES string of the molecule is C=Cc1c[nH]c2ccc(CS(=O)(=O)NC)cc12. The predicted molar refractivity (Wildman–Crippen MR) is 70.1 cm³/mol. The first-order valence-corrected chi connectivity index (χ1v) is 6.84. The van der Waals surface area contributed by atoms with E-state index in [2.05, 4.69) is 16.3 Å². The number of hydrogen-bond acceptors (Lipinski definition) is 2. The van der Waals surface area contributed by atoms with Crippen molar-refractivity contribution in [2.45, 2.75) is 5.75 Å². The maximum atomic E-state index is 11.5. The second-order valence-electron chi connectivity index (χ2n) is 3.79. The summed E-state index contributed by atoms with van der Waals surface area (Å²) in [5.74, 6) is -0.0127. The molecule has 0 spiro atoms. The van der Waals surface area contributed by atoms with Crippen molar-refractivity contribution in [3.05, 3.63) is 42.1 Å². The molecule has 2 aromatic rings. The number of nitrogens with one attached hydrogen (secondary N) is 2. The number of sulfonamides is 1. The van der Waals surface area contributed by atoms with Gasteiger partial charge in [-0.1, -0.05) is 18.7 Å². The predicted octanol–water partition coefficient (Wildman–Crippen LogP) is 1.86. The van der Waals surface area contributed by atoms with E-state index in [1.54, 1.807) is 12.1 Å². The van der Waals surface area contributed by atoms with Gasteiger partial charge in [-0.25, -0.2) is 13.1 Å². The zero-order chi connectivity index (χ0) is 12.5. The highest BCUT2D eigenvalue weighted by Crippen LogP contribution is 2.21. The Morgan fingerprint density at radius 3 is 2.88 bits per heavy atom. The van der Waals surface area contributed by atoms with Crippen LogP contribution in [0.1, 0.15) is 11.1 Å². The van der Waals surface area contributed by atoms with E-state index >= 15 is 0 Å². The van der Waals surface area contributed by atoms with Crippen molar-refractivity contribution < 1.29 is 8.42 Å². The molecule has 0 fully saturated rings. The molecular formula is C12H14N2O2S. The van der Waals surface area contributed by atoms with Gasteiger partial charge in [0, 0.05) is 17.1 Å². The normalized spacial score (nSPS) is 11.8. The highest BCUT2D eigenvalue weighted by molar-refractivity contribution is 7.88. The molecule has 0 unspecified atom stereocenters. The quantitative estimate of drug-likeness (QED) is 0.870. The first-order valence-electron chi connectivity index (χ1n) is 5.19. The van der Waals surface area contributed by atoms with Gasteiger partial charge in [0.15, 0.2) is 0 Å². The Morgan fingerprint density at radius 1 is 1.47 bits per heavy atom. The Kier molecular flexibility index (Phi) is 3.04. The van der Waals surface area contributed by atoms with Gasteiger partial charge in [0.05, 0.1) is 5.75 Å². The van der Waals surface area contributed by atoms with Crippen molar-refractivity contribution in [1.29, 1.82) is 0 Å². The zero-order valence-electron chi connectivity index (χ0n) is 9.53. The minimum absolute atomic E-state index is 0.0127. The van der Waals surface area contributed by atoms with Gasteiger partial charge in [-0.05, 0) is 30.3 Å². The summed E-state index contributed by atoms with van der Waals surface area (Å²) < 4.78 is 25.2. The van der Waals surface area contributed by atoms with Gasteiger partial charge in [-0.15, -0.1) is 0 Å². The lowest BCUT2D eigenvalue weighted by Gasteiger charge is -2.03. The van der Waals surface area contributed by atoms with E-state index in [0.717, 1.165) is 22.0 Å². The van der Waals surface area contributed by atoms with Gasteiger partial charge in [-0.2, -0.15) is 0 Å². The third kappa shape index (κ3) is 2.40. The van der Waals surface area contributed by atoms with Crippen molar-refractivity contribution >= 4 is 27.0 Å². The fourth-order valence-corrected chi connectivity index (χ4v) is 2.50. The van der Waals surface area contributed by atoms with Gasteiger partial charge >= 0.3 is 0 Å². The van der Waals surface area contributed by atoms with E-state index in [-0.39, 0.29) is 5.75 Å². The summed E-state index contributed by atoms with van der Waals surface area (Å²) in [4.78, 5) is 3.11. The molecule has 0 amide bonds. The van der Waals surface area contributed by atoms with Crippen LogP contribution < -0.4 is 4.72 Å². The van der Waals surface area contributed by atoms with Crippen LogP contribution in [0.25, 0.3) is 17.0 Å². The second-order valence-corrected chi connectivity index (χ2v) is 5.72. The average Bonchev–Trinajstić information content (AvgIpc) is 2.71. The van der Waals surface area contributed by atoms with Gasteiger partial charge < -0.3 is 4.98 Å². The number of rotatable bonds is 4. The van der Waals surface area contributed by atoms with Crippen molar-refractivity contribution in [3.8, 4) is 0 Å². The van der Waals surface area contributed by atoms with Crippen LogP contribution >= 0.6 is 0 Å². The smallest absolute Gasteiger partial charge is 0.215 e. The second kappa shape index (κ2) is 4.35. The van der Waals surface area contributed by atoms with Gasteiger partial charge in [0.1, 0.15) is 0 Å². The van der Waals surface area contributed by atoms with E-state index in [4.69, 9.17) is 0 Å². The highest BCUT2D eigenvalue weighted by atomic mass is 32.2. The van der Waals surface area contributed by atoms with Crippen LogP contribution in [0.5, 0.6) is 0 Å². The van der Waals surface area contributed by atoms with E-state index in [1.165, 1.54) is 7.05 Å². The number of aromatic amines is 1. The van der Waals surface area contributed by atoms with Gasteiger partial charge in [-0.3, -0.25) is 0 Å². The van der Waals surface area contributed by atoms with Crippen LogP contribution in [-0.2, 0) is 15.8 Å². The van der Waals surface area contributed by atoms with Crippen LogP contribution in [0.3, 0.4) is 0 Å². The van der Waals surface area contributed by atoms with E-state index in [1.807, 2.05) is 18.3 Å². The monoisotopic (exact) mass is 250 g/mol. The molecule has 1 aromatic carbocycles. The molecule has 90 valence electrons. The largest absolute Gasteiger partial charge is 0.361 e. The summed E-state index contributed by atoms with van der Waals surface area (Å²) in [5.41, 5.74) is 2.71. The maximum absolute atomic E-state index is 11.5. The van der Waals surface area contributed by atoms with Crippen molar-refractivity contribution in [1.82, 2.24) is 9.71 Å². The molecule has 1 aromatic heterocycles. The standard InChI is InChI=1S/C12H14N2O2S/c1-3-10-7-14-12-5-4-9(6-11(10)12)8-17(15,16)13-2/h3-7,13-14H,1,8H2,2H3. The number of H-pyrrole nitrogens is 1. The van der Waals surface area contributed by atoms with Crippen LogP contribution in [0.4, 0.5) is 0 Å². The number of fused-ring (bicyclic) bond motifs is 1. The Hall–Kier alpha value is -1.59. The molecular weight excluding hydrogens is 236 g/mol. The van der Waals surface area contributed by atoms with E-state index < -0.39 is 10.0 Å². The van der Waals surface area contributed by atoms with Gasteiger partial charge in [0.2, 0.25) is 10.0 Å². The molecule has 1 heterocycles. The van der Waals surface area contributed by atoms with E-state index in [0.29, 0.717) is 0 Å². The van der Waals surface area contributed by atoms with Crippen LogP contribution in [0.15, 0.2) is 31.0 Å². The first kappa shape index (κ1) is 11.9. The molecule has 17 heavy (non-hydrogen) atoms. The van der Waals surface area contributed by atoms with Crippen LogP contribution in [-0.4, -0.2) is 20.4 Å². The summed E-state index contributed by atoms with van der Waals surface area (Å²) in [6, 6.07) is 5.56. The topological polar surface area (TPSA) is 62.0 Å². The molecule has 0 atom stereocenters. The summed E-state index contributed by atoms with van der Waals surface area (Å²) in [6.45, 7) is 3.72. The fraction of sp³-hybridized carbons (Fsp3) is 0.167. The Morgan fingerprint density at radius 2 is 2.24 bits per heavy atom. The summed E-state index contributed by atoms with van der Waals surface area (Å²) in [6.07, 6.45) is 3.60. The number of benzene rings is 1. The molecule has 0 saturated heterocycles. The molecule has 5 heteroatoms. The Bertz CT molecular complexity index is 656. The highest BCUT2D eigenvalue weighted by Gasteiger charge is 2.10. The molecule has 4 nitrogen and oxygen atoms in total. The lowest BCUT2D eigenvalue weighted by Crippen LogP contribution is -2.20. The summed E-state index contributed by atoms with van der Waals surface area (Å²) >= 11 is 0. The fourth-order valence-electron chi connectivity index (χ4n) is 1.74. The number of hydrogen-bond donors (Lipinski definition) is 2. The van der Waals surface area contributed by atoms with Crippen molar-refractivity contribution in [3.63, 3.8) is 0 Å². The molecule has 2 rings (SSSR count). The minimum atomic E-state index is -3.23. The molecule has 0 aliphatic heterocycles. The third-order valence-electron chi connectivity index (χ3n) is 2.67. The summed E-state index contributed by atoms with van der Waals surface area (Å²) in [7, 11) is -1.81. The summed E-state index contributed by atoms with van der Waals surface area (Å²) in [5, 5.41) is 0.990. The minimum Gasteiger partial charge on any atom is -0.361 e. The lowest BCUT2D eigenvalue weighted by molar-refractivity contribution is 0.587. The average molecular weight is 250 g/mol. The van der Waals surface area contributed by atoms with Crippen LogP contribution in [0.2, 0.25) is 0 Å². The van der Waals surface area contributed by atoms with Crippen LogP contribution in [0, 0.1) is 0 Å². The van der Waals surface area contributed by atoms with Crippen molar-refractivity contribution in [2.75, 3.05) is 7.05 Å². The molecule has 0 saturated carbocycles. The zero-order valence-corrected chi connectivity index (χ0v) is 10.3. The first-order chi connectivity index (χ1) is 8.05. The molecule has 0 radical (unpaired) electrons. The van der Waals surface area contributed by atoms with E-state index in [9.17, 15) is 8.42 Å². The molecule has 0 bridgehead atoms. The van der Waals surface area contributed by atoms with Crippen molar-refractivity contribution in [2.24, 2.45) is 0 Å². The lowest BCUT2D eigenvalue weighted by atomic mass is 10.1. The Balaban J connectivity index is 2.47. The molecule has 2 N–H and O–H groups in total. The molecule has 0 aliphatic rings. The van der Waals surface area contributed by atoms with Gasteiger partial charge in [0.25, 0.3) is 0 Å². The number of aromatic nitrogens is 1. The Labute approximate surface area is 100 Å². The maximum Gasteiger partial charge on any atom is 0.215 e.